The Morgan fingerprint density at radius 1 is 1.06 bits per heavy atom. The van der Waals surface area contributed by atoms with Gasteiger partial charge >= 0.3 is 0 Å². The molecule has 1 aliphatic heterocycles. The van der Waals surface area contributed by atoms with E-state index in [9.17, 15) is 9.59 Å². The molecule has 3 aromatic rings. The molecule has 2 heterocycles. The van der Waals surface area contributed by atoms with E-state index in [-0.39, 0.29) is 17.9 Å². The van der Waals surface area contributed by atoms with Crippen LogP contribution in [0.3, 0.4) is 0 Å². The van der Waals surface area contributed by atoms with E-state index in [4.69, 9.17) is 9.84 Å². The fraction of sp³-hybridized carbons (Fsp3) is 0.370. The molecule has 7 heteroatoms. The Morgan fingerprint density at radius 2 is 1.79 bits per heavy atom. The summed E-state index contributed by atoms with van der Waals surface area (Å²) in [7, 11) is 1.65. The van der Waals surface area contributed by atoms with Crippen molar-refractivity contribution in [1.29, 1.82) is 0 Å². The fourth-order valence-electron chi connectivity index (χ4n) is 4.97. The van der Waals surface area contributed by atoms with Crippen LogP contribution >= 0.6 is 0 Å². The average molecular weight is 459 g/mol. The molecule has 5 rings (SSSR count). The minimum atomic E-state index is -0.134. The molecule has 0 unspecified atom stereocenters. The summed E-state index contributed by atoms with van der Waals surface area (Å²) >= 11 is 0. The lowest BCUT2D eigenvalue weighted by molar-refractivity contribution is 0.0730. The smallest absolute Gasteiger partial charge is 0.272 e. The van der Waals surface area contributed by atoms with Gasteiger partial charge in [0.1, 0.15) is 5.75 Å². The lowest BCUT2D eigenvalue weighted by atomic mass is 10.0. The topological polar surface area (TPSA) is 76.5 Å². The number of methoxy groups -OCH3 is 1. The first-order valence-corrected chi connectivity index (χ1v) is 12.0. The van der Waals surface area contributed by atoms with Gasteiger partial charge in [0.25, 0.3) is 11.8 Å². The number of nitrogens with one attached hydrogen (secondary N) is 1. The van der Waals surface area contributed by atoms with Gasteiger partial charge in [0.05, 0.1) is 20.2 Å². The lowest BCUT2D eigenvalue weighted by Crippen LogP contribution is -2.38. The van der Waals surface area contributed by atoms with Crippen LogP contribution in [-0.4, -0.2) is 46.2 Å². The summed E-state index contributed by atoms with van der Waals surface area (Å²) in [5.74, 6) is 0.653. The molecule has 0 atom stereocenters. The highest BCUT2D eigenvalue weighted by Gasteiger charge is 2.31. The van der Waals surface area contributed by atoms with Crippen LogP contribution in [0.5, 0.6) is 5.75 Å². The van der Waals surface area contributed by atoms with Gasteiger partial charge in [-0.15, -0.1) is 0 Å². The first-order valence-electron chi connectivity index (χ1n) is 12.0. The Labute approximate surface area is 199 Å². The molecule has 2 aliphatic rings. The van der Waals surface area contributed by atoms with E-state index in [0.29, 0.717) is 37.3 Å². The zero-order valence-corrected chi connectivity index (χ0v) is 19.5. The maximum atomic E-state index is 13.3. The van der Waals surface area contributed by atoms with E-state index in [1.54, 1.807) is 7.11 Å². The maximum Gasteiger partial charge on any atom is 0.272 e. The third-order valence-electron chi connectivity index (χ3n) is 6.84. The van der Waals surface area contributed by atoms with Gasteiger partial charge in [-0.2, -0.15) is 5.10 Å². The van der Waals surface area contributed by atoms with Crippen molar-refractivity contribution < 1.29 is 14.3 Å². The van der Waals surface area contributed by atoms with E-state index < -0.39 is 0 Å². The standard InChI is InChI=1S/C27H30N4O3/c1-34-22-13-11-19(12-14-22)17-31-24-15-16-30(27(33)20-7-3-2-4-8-20)18-23(24)25(29-31)26(32)28-21-9-5-6-10-21/h2-4,7-8,11-14,21H,5-6,9-10,15-18H2,1H3,(H,28,32). The van der Waals surface area contributed by atoms with E-state index in [0.717, 1.165) is 48.3 Å². The van der Waals surface area contributed by atoms with Crippen molar-refractivity contribution in [2.45, 2.75) is 51.2 Å². The van der Waals surface area contributed by atoms with Gasteiger partial charge < -0.3 is 15.0 Å². The van der Waals surface area contributed by atoms with Crippen LogP contribution in [0, 0.1) is 0 Å². The van der Waals surface area contributed by atoms with Crippen LogP contribution in [0.4, 0.5) is 0 Å². The predicted molar refractivity (Wildman–Crippen MR) is 129 cm³/mol. The number of rotatable bonds is 6. The molecule has 1 aliphatic carbocycles. The van der Waals surface area contributed by atoms with Crippen molar-refractivity contribution in [3.8, 4) is 5.75 Å². The first kappa shape index (κ1) is 22.2. The third kappa shape index (κ3) is 4.55. The Hall–Kier alpha value is -3.61. The lowest BCUT2D eigenvalue weighted by Gasteiger charge is -2.28. The molecule has 1 fully saturated rings. The van der Waals surface area contributed by atoms with Crippen molar-refractivity contribution in [3.05, 3.63) is 82.7 Å². The Balaban J connectivity index is 1.44. The summed E-state index contributed by atoms with van der Waals surface area (Å²) in [5, 5.41) is 7.95. The molecule has 176 valence electrons. The van der Waals surface area contributed by atoms with Gasteiger partial charge in [0, 0.05) is 35.8 Å². The van der Waals surface area contributed by atoms with E-state index >= 15 is 0 Å². The minimum absolute atomic E-state index is 0.0173. The maximum absolute atomic E-state index is 13.3. The molecule has 2 amide bonds. The fourth-order valence-corrected chi connectivity index (χ4v) is 4.97. The third-order valence-corrected chi connectivity index (χ3v) is 6.84. The highest BCUT2D eigenvalue weighted by molar-refractivity contribution is 5.96. The highest BCUT2D eigenvalue weighted by Crippen LogP contribution is 2.26. The quantitative estimate of drug-likeness (QED) is 0.610. The molecule has 1 saturated carbocycles. The molecule has 0 radical (unpaired) electrons. The second-order valence-corrected chi connectivity index (χ2v) is 9.08. The van der Waals surface area contributed by atoms with Crippen molar-refractivity contribution in [1.82, 2.24) is 20.0 Å². The highest BCUT2D eigenvalue weighted by atomic mass is 16.5. The number of ether oxygens (including phenoxy) is 1. The molecule has 0 spiro atoms. The monoisotopic (exact) mass is 458 g/mol. The summed E-state index contributed by atoms with van der Waals surface area (Å²) in [4.78, 5) is 28.2. The molecule has 1 N–H and O–H groups in total. The van der Waals surface area contributed by atoms with Crippen LogP contribution in [0.1, 0.15) is 63.4 Å². The van der Waals surface area contributed by atoms with Crippen LogP contribution in [0.25, 0.3) is 0 Å². The van der Waals surface area contributed by atoms with Gasteiger partial charge in [0.15, 0.2) is 5.69 Å². The van der Waals surface area contributed by atoms with Gasteiger partial charge in [-0.25, -0.2) is 0 Å². The van der Waals surface area contributed by atoms with Gasteiger partial charge in [0.2, 0.25) is 0 Å². The summed E-state index contributed by atoms with van der Waals surface area (Å²) in [6.45, 7) is 1.55. The number of hydrogen-bond acceptors (Lipinski definition) is 4. The molecular formula is C27H30N4O3. The number of carbonyl (C=O) groups excluding carboxylic acids is 2. The van der Waals surface area contributed by atoms with Crippen molar-refractivity contribution in [2.75, 3.05) is 13.7 Å². The van der Waals surface area contributed by atoms with Gasteiger partial charge in [-0.1, -0.05) is 43.2 Å². The van der Waals surface area contributed by atoms with Gasteiger partial charge in [-0.05, 0) is 42.7 Å². The summed E-state index contributed by atoms with van der Waals surface area (Å²) in [6, 6.07) is 17.4. The van der Waals surface area contributed by atoms with Crippen molar-refractivity contribution in [2.24, 2.45) is 0 Å². The number of benzene rings is 2. The largest absolute Gasteiger partial charge is 0.497 e. The Kier molecular flexibility index (Phi) is 6.34. The van der Waals surface area contributed by atoms with Gasteiger partial charge in [-0.3, -0.25) is 14.3 Å². The van der Waals surface area contributed by atoms with Crippen LogP contribution in [0.2, 0.25) is 0 Å². The molecule has 34 heavy (non-hydrogen) atoms. The number of nitrogens with zero attached hydrogens (tertiary/aromatic N) is 3. The second-order valence-electron chi connectivity index (χ2n) is 9.08. The summed E-state index contributed by atoms with van der Waals surface area (Å²) < 4.78 is 7.20. The Morgan fingerprint density at radius 3 is 2.50 bits per heavy atom. The van der Waals surface area contributed by atoms with E-state index in [1.165, 1.54) is 0 Å². The van der Waals surface area contributed by atoms with Crippen LogP contribution in [-0.2, 0) is 19.5 Å². The molecule has 0 saturated heterocycles. The number of fused-ring (bicyclic) bond motifs is 1. The second kappa shape index (κ2) is 9.71. The molecular weight excluding hydrogens is 428 g/mol. The van der Waals surface area contributed by atoms with Crippen LogP contribution in [0.15, 0.2) is 54.6 Å². The van der Waals surface area contributed by atoms with Crippen molar-refractivity contribution in [3.63, 3.8) is 0 Å². The number of amides is 2. The number of hydrogen-bond donors (Lipinski definition) is 1. The van der Waals surface area contributed by atoms with E-state index in [1.807, 2.05) is 64.2 Å². The zero-order valence-electron chi connectivity index (χ0n) is 19.5. The predicted octanol–water partition coefficient (Wildman–Crippen LogP) is 3.81. The summed E-state index contributed by atoms with van der Waals surface area (Å²) in [5.41, 5.74) is 4.08. The molecule has 0 bridgehead atoms. The minimum Gasteiger partial charge on any atom is -0.497 e. The number of aromatic nitrogens is 2. The van der Waals surface area contributed by atoms with E-state index in [2.05, 4.69) is 5.32 Å². The molecule has 7 nitrogen and oxygen atoms in total. The summed E-state index contributed by atoms with van der Waals surface area (Å²) in [6.07, 6.45) is 4.98. The molecule has 2 aromatic carbocycles. The Bertz CT molecular complexity index is 1160. The number of carbonyl (C=O) groups is 2. The average Bonchev–Trinajstić information content (AvgIpc) is 3.52. The first-order chi connectivity index (χ1) is 16.6. The normalized spacial score (nSPS) is 15.7. The molecule has 1 aromatic heterocycles. The van der Waals surface area contributed by atoms with Crippen LogP contribution < -0.4 is 10.1 Å². The SMILES string of the molecule is COc1ccc(Cn2nc(C(=O)NC3CCCC3)c3c2CCN(C(=O)c2ccccc2)C3)cc1. The van der Waals surface area contributed by atoms with Crippen molar-refractivity contribution >= 4 is 11.8 Å². The zero-order chi connectivity index (χ0) is 23.5.